The SMILES string of the molecule is CCOC(=O)N1CCC(Nc2nc(N)ncc2C)CC1. The van der Waals surface area contributed by atoms with Gasteiger partial charge in [0.25, 0.3) is 0 Å². The van der Waals surface area contributed by atoms with Crippen LogP contribution in [-0.2, 0) is 4.74 Å². The number of likely N-dealkylation sites (tertiary alicyclic amines) is 1. The van der Waals surface area contributed by atoms with E-state index in [-0.39, 0.29) is 18.1 Å². The topological polar surface area (TPSA) is 93.4 Å². The van der Waals surface area contributed by atoms with Crippen molar-refractivity contribution in [2.75, 3.05) is 30.7 Å². The lowest BCUT2D eigenvalue weighted by Gasteiger charge is -2.32. The first-order valence-corrected chi connectivity index (χ1v) is 6.87. The van der Waals surface area contributed by atoms with Gasteiger partial charge in [0.05, 0.1) is 6.61 Å². The Morgan fingerprint density at radius 3 is 2.90 bits per heavy atom. The van der Waals surface area contributed by atoms with Crippen molar-refractivity contribution in [2.45, 2.75) is 32.7 Å². The Hall–Kier alpha value is -2.05. The molecule has 1 aliphatic rings. The van der Waals surface area contributed by atoms with Crippen LogP contribution in [0.3, 0.4) is 0 Å². The van der Waals surface area contributed by atoms with Gasteiger partial charge in [0, 0.05) is 30.9 Å². The Labute approximate surface area is 118 Å². The molecule has 1 aromatic heterocycles. The van der Waals surface area contributed by atoms with Crippen LogP contribution >= 0.6 is 0 Å². The number of rotatable bonds is 3. The second-order valence-electron chi connectivity index (χ2n) is 4.86. The van der Waals surface area contributed by atoms with Gasteiger partial charge in [-0.25, -0.2) is 9.78 Å². The number of anilines is 2. The molecule has 7 heteroatoms. The summed E-state index contributed by atoms with van der Waals surface area (Å²) < 4.78 is 5.00. The molecule has 0 bridgehead atoms. The zero-order valence-corrected chi connectivity index (χ0v) is 11.9. The number of nitrogens with one attached hydrogen (secondary N) is 1. The van der Waals surface area contributed by atoms with Crippen LogP contribution in [0.5, 0.6) is 0 Å². The summed E-state index contributed by atoms with van der Waals surface area (Å²) in [5, 5.41) is 3.37. The molecule has 0 aromatic carbocycles. The minimum Gasteiger partial charge on any atom is -0.450 e. The molecule has 0 unspecified atom stereocenters. The molecule has 1 aliphatic heterocycles. The van der Waals surface area contributed by atoms with Crippen LogP contribution in [0.25, 0.3) is 0 Å². The van der Waals surface area contributed by atoms with E-state index in [1.165, 1.54) is 0 Å². The van der Waals surface area contributed by atoms with E-state index in [4.69, 9.17) is 10.5 Å². The first-order chi connectivity index (χ1) is 9.60. The Balaban J connectivity index is 1.88. The van der Waals surface area contributed by atoms with E-state index in [0.717, 1.165) is 24.2 Å². The molecule has 3 N–H and O–H groups in total. The molecular formula is C13H21N5O2. The minimum atomic E-state index is -0.228. The van der Waals surface area contributed by atoms with E-state index in [2.05, 4.69) is 15.3 Å². The van der Waals surface area contributed by atoms with Gasteiger partial charge >= 0.3 is 6.09 Å². The van der Waals surface area contributed by atoms with Gasteiger partial charge in [-0.2, -0.15) is 4.98 Å². The fourth-order valence-electron chi connectivity index (χ4n) is 2.22. The van der Waals surface area contributed by atoms with Gasteiger partial charge in [0.1, 0.15) is 5.82 Å². The van der Waals surface area contributed by atoms with E-state index in [1.54, 1.807) is 11.1 Å². The van der Waals surface area contributed by atoms with E-state index in [0.29, 0.717) is 19.7 Å². The number of carbonyl (C=O) groups excluding carboxylic acids is 1. The number of piperidine rings is 1. The maximum Gasteiger partial charge on any atom is 0.409 e. The predicted molar refractivity (Wildman–Crippen MR) is 76.4 cm³/mol. The van der Waals surface area contributed by atoms with Crippen molar-refractivity contribution < 1.29 is 9.53 Å². The van der Waals surface area contributed by atoms with Crippen molar-refractivity contribution in [3.63, 3.8) is 0 Å². The number of ether oxygens (including phenoxy) is 1. The van der Waals surface area contributed by atoms with Crippen LogP contribution in [0.15, 0.2) is 6.20 Å². The van der Waals surface area contributed by atoms with Crippen molar-refractivity contribution in [1.82, 2.24) is 14.9 Å². The average molecular weight is 279 g/mol. The van der Waals surface area contributed by atoms with Gasteiger partial charge in [-0.1, -0.05) is 0 Å². The first-order valence-electron chi connectivity index (χ1n) is 6.87. The lowest BCUT2D eigenvalue weighted by atomic mass is 10.1. The van der Waals surface area contributed by atoms with Gasteiger partial charge in [-0.05, 0) is 26.7 Å². The van der Waals surface area contributed by atoms with Gasteiger partial charge in [-0.15, -0.1) is 0 Å². The maximum absolute atomic E-state index is 11.6. The highest BCUT2D eigenvalue weighted by atomic mass is 16.6. The number of aryl methyl sites for hydroxylation is 1. The van der Waals surface area contributed by atoms with Crippen LogP contribution in [0.1, 0.15) is 25.3 Å². The highest BCUT2D eigenvalue weighted by Crippen LogP contribution is 2.18. The third kappa shape index (κ3) is 3.49. The number of aromatic nitrogens is 2. The third-order valence-electron chi connectivity index (χ3n) is 3.35. The van der Waals surface area contributed by atoms with Crippen molar-refractivity contribution in [1.29, 1.82) is 0 Å². The zero-order chi connectivity index (χ0) is 14.5. The molecule has 0 saturated carbocycles. The van der Waals surface area contributed by atoms with Crippen LogP contribution < -0.4 is 11.1 Å². The molecular weight excluding hydrogens is 258 g/mol. The van der Waals surface area contributed by atoms with E-state index < -0.39 is 0 Å². The van der Waals surface area contributed by atoms with Gasteiger partial charge in [0.2, 0.25) is 5.95 Å². The molecule has 1 amide bonds. The molecule has 110 valence electrons. The summed E-state index contributed by atoms with van der Waals surface area (Å²) in [6.07, 6.45) is 3.20. The van der Waals surface area contributed by atoms with Crippen LogP contribution in [-0.4, -0.2) is 46.7 Å². The largest absolute Gasteiger partial charge is 0.450 e. The number of carbonyl (C=O) groups is 1. The second-order valence-corrected chi connectivity index (χ2v) is 4.86. The van der Waals surface area contributed by atoms with Gasteiger partial charge < -0.3 is 20.7 Å². The Bertz CT molecular complexity index is 472. The number of amides is 1. The molecule has 1 aromatic rings. The Morgan fingerprint density at radius 1 is 1.55 bits per heavy atom. The quantitative estimate of drug-likeness (QED) is 0.868. The minimum absolute atomic E-state index is 0.228. The molecule has 2 rings (SSSR count). The van der Waals surface area contributed by atoms with E-state index in [1.807, 2.05) is 13.8 Å². The third-order valence-corrected chi connectivity index (χ3v) is 3.35. The van der Waals surface area contributed by atoms with E-state index >= 15 is 0 Å². The lowest BCUT2D eigenvalue weighted by molar-refractivity contribution is 0.0983. The predicted octanol–water partition coefficient (Wildman–Crippen LogP) is 1.40. The number of nitrogen functional groups attached to an aromatic ring is 1. The number of nitrogens with two attached hydrogens (primary N) is 1. The second kappa shape index (κ2) is 6.40. The molecule has 0 radical (unpaired) electrons. The van der Waals surface area contributed by atoms with E-state index in [9.17, 15) is 4.79 Å². The van der Waals surface area contributed by atoms with Crippen molar-refractivity contribution >= 4 is 17.9 Å². The highest BCUT2D eigenvalue weighted by molar-refractivity contribution is 5.67. The Kier molecular flexibility index (Phi) is 4.60. The summed E-state index contributed by atoms with van der Waals surface area (Å²) in [7, 11) is 0. The fraction of sp³-hybridized carbons (Fsp3) is 0.615. The standard InChI is InChI=1S/C13H21N5O2/c1-3-20-13(19)18-6-4-10(5-7-18)16-11-9(2)8-15-12(14)17-11/h8,10H,3-7H2,1-2H3,(H3,14,15,16,17). The normalized spacial score (nSPS) is 16.0. The molecule has 1 saturated heterocycles. The van der Waals surface area contributed by atoms with Crippen LogP contribution in [0.2, 0.25) is 0 Å². The lowest BCUT2D eigenvalue weighted by Crippen LogP contribution is -2.42. The molecule has 0 aliphatic carbocycles. The monoisotopic (exact) mass is 279 g/mol. The average Bonchev–Trinajstić information content (AvgIpc) is 2.44. The van der Waals surface area contributed by atoms with Gasteiger partial charge in [-0.3, -0.25) is 0 Å². The molecule has 2 heterocycles. The summed E-state index contributed by atoms with van der Waals surface area (Å²) >= 11 is 0. The maximum atomic E-state index is 11.6. The van der Waals surface area contributed by atoms with Crippen molar-refractivity contribution in [3.05, 3.63) is 11.8 Å². The summed E-state index contributed by atoms with van der Waals surface area (Å²) in [4.78, 5) is 21.5. The van der Waals surface area contributed by atoms with Crippen LogP contribution in [0, 0.1) is 6.92 Å². The fourth-order valence-corrected chi connectivity index (χ4v) is 2.22. The number of hydrogen-bond acceptors (Lipinski definition) is 6. The van der Waals surface area contributed by atoms with Crippen molar-refractivity contribution in [2.24, 2.45) is 0 Å². The zero-order valence-electron chi connectivity index (χ0n) is 11.9. The summed E-state index contributed by atoms with van der Waals surface area (Å²) in [5.41, 5.74) is 6.56. The smallest absolute Gasteiger partial charge is 0.409 e. The highest BCUT2D eigenvalue weighted by Gasteiger charge is 2.23. The molecule has 0 atom stereocenters. The van der Waals surface area contributed by atoms with Crippen molar-refractivity contribution in [3.8, 4) is 0 Å². The first kappa shape index (κ1) is 14.4. The molecule has 20 heavy (non-hydrogen) atoms. The van der Waals surface area contributed by atoms with Crippen LogP contribution in [0.4, 0.5) is 16.6 Å². The molecule has 0 spiro atoms. The number of hydrogen-bond donors (Lipinski definition) is 2. The number of nitrogens with zero attached hydrogens (tertiary/aromatic N) is 3. The summed E-state index contributed by atoms with van der Waals surface area (Å²) in [5.74, 6) is 1.04. The molecule has 1 fully saturated rings. The molecule has 7 nitrogen and oxygen atoms in total. The Morgan fingerprint density at radius 2 is 2.25 bits per heavy atom. The van der Waals surface area contributed by atoms with Gasteiger partial charge in [0.15, 0.2) is 0 Å². The summed E-state index contributed by atoms with van der Waals surface area (Å²) in [6, 6.07) is 0.286. The summed E-state index contributed by atoms with van der Waals surface area (Å²) in [6.45, 7) is 5.55.